The van der Waals surface area contributed by atoms with Crippen LogP contribution >= 0.6 is 0 Å². The Balaban J connectivity index is 1.56. The van der Waals surface area contributed by atoms with Gasteiger partial charge < -0.3 is 15.4 Å². The van der Waals surface area contributed by atoms with E-state index in [0.717, 1.165) is 11.1 Å². The first-order chi connectivity index (χ1) is 11.2. The monoisotopic (exact) mass is 312 g/mol. The van der Waals surface area contributed by atoms with Gasteiger partial charge in [0.15, 0.2) is 0 Å². The first-order valence-electron chi connectivity index (χ1n) is 7.89. The number of ether oxygens (including phenoxy) is 1. The van der Waals surface area contributed by atoms with Gasteiger partial charge in [0.2, 0.25) is 5.91 Å². The van der Waals surface area contributed by atoms with Gasteiger partial charge in [-0.2, -0.15) is 0 Å². The summed E-state index contributed by atoms with van der Waals surface area (Å²) < 4.78 is 5.65. The Hall–Kier alpha value is -2.17. The summed E-state index contributed by atoms with van der Waals surface area (Å²) in [4.78, 5) is 11.8. The molecule has 0 spiro atoms. The molecule has 0 aliphatic rings. The van der Waals surface area contributed by atoms with Gasteiger partial charge in [-0.3, -0.25) is 4.79 Å². The highest BCUT2D eigenvalue weighted by atomic mass is 16.5. The minimum atomic E-state index is -0.0104. The van der Waals surface area contributed by atoms with Gasteiger partial charge in [-0.1, -0.05) is 60.7 Å². The van der Waals surface area contributed by atoms with Crippen LogP contribution in [0, 0.1) is 0 Å². The molecule has 23 heavy (non-hydrogen) atoms. The number of benzene rings is 2. The van der Waals surface area contributed by atoms with Crippen LogP contribution < -0.4 is 10.6 Å². The molecular formula is C19H24N2O2. The SMILES string of the molecule is CC(COCc1ccccc1)NCC(=O)NCc1ccccc1. The number of hydrogen-bond donors (Lipinski definition) is 2. The third-order valence-corrected chi connectivity index (χ3v) is 3.42. The summed E-state index contributed by atoms with van der Waals surface area (Å²) in [6.07, 6.45) is 0. The molecule has 2 N–H and O–H groups in total. The van der Waals surface area contributed by atoms with E-state index in [-0.39, 0.29) is 11.9 Å². The van der Waals surface area contributed by atoms with Crippen LogP contribution in [0.3, 0.4) is 0 Å². The van der Waals surface area contributed by atoms with Crippen molar-refractivity contribution in [2.24, 2.45) is 0 Å². The molecule has 0 fully saturated rings. The molecule has 0 saturated carbocycles. The molecule has 4 heteroatoms. The van der Waals surface area contributed by atoms with Crippen LogP contribution in [0.5, 0.6) is 0 Å². The molecular weight excluding hydrogens is 288 g/mol. The zero-order chi connectivity index (χ0) is 16.3. The molecule has 0 radical (unpaired) electrons. The lowest BCUT2D eigenvalue weighted by atomic mass is 10.2. The van der Waals surface area contributed by atoms with E-state index in [2.05, 4.69) is 10.6 Å². The van der Waals surface area contributed by atoms with Crippen LogP contribution in [0.15, 0.2) is 60.7 Å². The number of carbonyl (C=O) groups excluding carboxylic acids is 1. The fourth-order valence-electron chi connectivity index (χ4n) is 2.11. The van der Waals surface area contributed by atoms with Gasteiger partial charge in [-0.25, -0.2) is 0 Å². The highest BCUT2D eigenvalue weighted by Gasteiger charge is 2.06. The smallest absolute Gasteiger partial charge is 0.234 e. The van der Waals surface area contributed by atoms with E-state index in [0.29, 0.717) is 26.3 Å². The fraction of sp³-hybridized carbons (Fsp3) is 0.316. The molecule has 2 aromatic rings. The molecule has 4 nitrogen and oxygen atoms in total. The minimum absolute atomic E-state index is 0.0104. The Morgan fingerprint density at radius 2 is 1.61 bits per heavy atom. The highest BCUT2D eigenvalue weighted by Crippen LogP contribution is 2.01. The van der Waals surface area contributed by atoms with Crippen molar-refractivity contribution in [1.82, 2.24) is 10.6 Å². The lowest BCUT2D eigenvalue weighted by Gasteiger charge is -2.14. The third-order valence-electron chi connectivity index (χ3n) is 3.42. The van der Waals surface area contributed by atoms with Crippen molar-refractivity contribution in [1.29, 1.82) is 0 Å². The quantitative estimate of drug-likeness (QED) is 0.748. The van der Waals surface area contributed by atoms with Crippen molar-refractivity contribution < 1.29 is 9.53 Å². The van der Waals surface area contributed by atoms with E-state index >= 15 is 0 Å². The Morgan fingerprint density at radius 1 is 1.00 bits per heavy atom. The Kier molecular flexibility index (Phi) is 7.30. The van der Waals surface area contributed by atoms with E-state index in [9.17, 15) is 4.79 Å². The first-order valence-corrected chi connectivity index (χ1v) is 7.89. The number of amides is 1. The van der Waals surface area contributed by atoms with Gasteiger partial charge in [0, 0.05) is 12.6 Å². The second-order valence-electron chi connectivity index (χ2n) is 5.55. The van der Waals surface area contributed by atoms with Gasteiger partial charge in [0.1, 0.15) is 0 Å². The summed E-state index contributed by atoms with van der Waals surface area (Å²) in [6.45, 7) is 4.02. The van der Waals surface area contributed by atoms with E-state index in [1.807, 2.05) is 67.6 Å². The van der Waals surface area contributed by atoms with Crippen molar-refractivity contribution in [2.75, 3.05) is 13.2 Å². The maximum absolute atomic E-state index is 11.8. The summed E-state index contributed by atoms with van der Waals surface area (Å²) in [5, 5.41) is 6.06. The zero-order valence-electron chi connectivity index (χ0n) is 13.5. The van der Waals surface area contributed by atoms with Gasteiger partial charge in [0.05, 0.1) is 19.8 Å². The van der Waals surface area contributed by atoms with E-state index in [1.54, 1.807) is 0 Å². The van der Waals surface area contributed by atoms with E-state index in [4.69, 9.17) is 4.74 Å². The molecule has 1 atom stereocenters. The molecule has 0 aliphatic heterocycles. The van der Waals surface area contributed by atoms with Crippen molar-refractivity contribution in [2.45, 2.75) is 26.1 Å². The minimum Gasteiger partial charge on any atom is -0.375 e. The zero-order valence-corrected chi connectivity index (χ0v) is 13.5. The molecule has 2 rings (SSSR count). The van der Waals surface area contributed by atoms with Crippen molar-refractivity contribution in [3.05, 3.63) is 71.8 Å². The van der Waals surface area contributed by atoms with Crippen LogP contribution in [0.25, 0.3) is 0 Å². The molecule has 1 unspecified atom stereocenters. The van der Waals surface area contributed by atoms with Gasteiger partial charge >= 0.3 is 0 Å². The first kappa shape index (κ1) is 17.2. The predicted octanol–water partition coefficient (Wildman–Crippen LogP) is 2.50. The second kappa shape index (κ2) is 9.77. The van der Waals surface area contributed by atoms with Crippen LogP contribution in [0.1, 0.15) is 18.1 Å². The average molecular weight is 312 g/mol. The Bertz CT molecular complexity index is 572. The molecule has 0 aromatic heterocycles. The van der Waals surface area contributed by atoms with Crippen LogP contribution in [0.2, 0.25) is 0 Å². The van der Waals surface area contributed by atoms with Crippen molar-refractivity contribution >= 4 is 5.91 Å². The summed E-state index contributed by atoms with van der Waals surface area (Å²) >= 11 is 0. The van der Waals surface area contributed by atoms with Crippen molar-refractivity contribution in [3.8, 4) is 0 Å². The average Bonchev–Trinajstić information content (AvgIpc) is 2.60. The molecule has 0 heterocycles. The van der Waals surface area contributed by atoms with Crippen LogP contribution in [-0.4, -0.2) is 25.1 Å². The maximum atomic E-state index is 11.8. The summed E-state index contributed by atoms with van der Waals surface area (Å²) in [5.74, 6) is -0.0104. The molecule has 1 amide bonds. The predicted molar refractivity (Wildman–Crippen MR) is 91.9 cm³/mol. The number of carbonyl (C=O) groups is 1. The van der Waals surface area contributed by atoms with E-state index < -0.39 is 0 Å². The van der Waals surface area contributed by atoms with Gasteiger partial charge in [-0.05, 0) is 18.1 Å². The summed E-state index contributed by atoms with van der Waals surface area (Å²) in [7, 11) is 0. The summed E-state index contributed by atoms with van der Waals surface area (Å²) in [6, 6.07) is 20.1. The molecule has 0 bridgehead atoms. The van der Waals surface area contributed by atoms with Crippen molar-refractivity contribution in [3.63, 3.8) is 0 Å². The number of rotatable bonds is 9. The molecule has 2 aromatic carbocycles. The Labute approximate surface area is 137 Å². The Morgan fingerprint density at radius 3 is 2.26 bits per heavy atom. The second-order valence-corrected chi connectivity index (χ2v) is 5.55. The standard InChI is InChI=1S/C19H24N2O2/c1-16(14-23-15-18-10-6-3-7-11-18)20-13-19(22)21-12-17-8-4-2-5-9-17/h2-11,16,20H,12-15H2,1H3,(H,21,22). The lowest BCUT2D eigenvalue weighted by Crippen LogP contribution is -2.39. The maximum Gasteiger partial charge on any atom is 0.234 e. The molecule has 0 saturated heterocycles. The number of hydrogen-bond acceptors (Lipinski definition) is 3. The largest absolute Gasteiger partial charge is 0.375 e. The summed E-state index contributed by atoms with van der Waals surface area (Å²) in [5.41, 5.74) is 2.25. The fourth-order valence-corrected chi connectivity index (χ4v) is 2.11. The van der Waals surface area contributed by atoms with Crippen LogP contribution in [0.4, 0.5) is 0 Å². The van der Waals surface area contributed by atoms with Crippen LogP contribution in [-0.2, 0) is 22.7 Å². The topological polar surface area (TPSA) is 50.4 Å². The highest BCUT2D eigenvalue weighted by molar-refractivity contribution is 5.77. The normalized spacial score (nSPS) is 11.9. The molecule has 122 valence electrons. The third kappa shape index (κ3) is 7.08. The van der Waals surface area contributed by atoms with E-state index in [1.165, 1.54) is 0 Å². The van der Waals surface area contributed by atoms with Gasteiger partial charge in [0.25, 0.3) is 0 Å². The lowest BCUT2D eigenvalue weighted by molar-refractivity contribution is -0.120. The number of nitrogens with one attached hydrogen (secondary N) is 2. The van der Waals surface area contributed by atoms with Gasteiger partial charge in [-0.15, -0.1) is 0 Å². The molecule has 0 aliphatic carbocycles.